The fraction of sp³-hybridized carbons (Fsp3) is 0.385. The molecule has 1 aliphatic rings. The van der Waals surface area contributed by atoms with Crippen molar-refractivity contribution in [3.05, 3.63) is 65.1 Å². The molecule has 0 unspecified atom stereocenters. The van der Waals surface area contributed by atoms with Crippen molar-refractivity contribution in [3.63, 3.8) is 0 Å². The molecule has 7 heteroatoms. The highest BCUT2D eigenvalue weighted by atomic mass is 16.5. The zero-order valence-electron chi connectivity index (χ0n) is 19.5. The van der Waals surface area contributed by atoms with Crippen molar-refractivity contribution in [2.24, 2.45) is 18.4 Å². The van der Waals surface area contributed by atoms with E-state index in [0.717, 1.165) is 41.4 Å². The number of nitrogens with one attached hydrogen (secondary N) is 1. The molecule has 172 valence electrons. The van der Waals surface area contributed by atoms with Gasteiger partial charge in [0.2, 0.25) is 0 Å². The third-order valence-corrected chi connectivity index (χ3v) is 6.45. The lowest BCUT2D eigenvalue weighted by molar-refractivity contribution is -0.123. The van der Waals surface area contributed by atoms with Crippen LogP contribution in [-0.4, -0.2) is 33.9 Å². The van der Waals surface area contributed by atoms with Crippen molar-refractivity contribution < 1.29 is 19.1 Å². The highest BCUT2D eigenvalue weighted by Gasteiger charge is 2.33. The minimum Gasteiger partial charge on any atom is -0.452 e. The monoisotopic (exact) mass is 447 g/mol. The third kappa shape index (κ3) is 4.67. The van der Waals surface area contributed by atoms with Crippen LogP contribution in [-0.2, 0) is 29.4 Å². The quantitative estimate of drug-likeness (QED) is 0.614. The number of hydrogen-bond acceptors (Lipinski definition) is 5. The van der Waals surface area contributed by atoms with Crippen molar-refractivity contribution in [1.82, 2.24) is 14.9 Å². The Bertz CT molecular complexity index is 1240. The molecule has 1 atom stereocenters. The van der Waals surface area contributed by atoms with Crippen molar-refractivity contribution >= 4 is 28.7 Å². The van der Waals surface area contributed by atoms with Gasteiger partial charge in [-0.15, -0.1) is 0 Å². The molecule has 0 aliphatic heterocycles. The second-order valence-corrected chi connectivity index (χ2v) is 9.69. The van der Waals surface area contributed by atoms with Crippen LogP contribution >= 0.6 is 0 Å². The average molecular weight is 448 g/mol. The van der Waals surface area contributed by atoms with E-state index in [1.807, 2.05) is 24.3 Å². The molecule has 7 nitrogen and oxygen atoms in total. The number of benzene rings is 1. The fourth-order valence-corrected chi connectivity index (χ4v) is 4.49. The van der Waals surface area contributed by atoms with Gasteiger partial charge >= 0.3 is 5.97 Å². The van der Waals surface area contributed by atoms with E-state index in [1.165, 1.54) is 0 Å². The number of nitrogens with zero attached hydrogens (tertiary/aromatic N) is 2. The molecule has 0 spiro atoms. The van der Waals surface area contributed by atoms with Gasteiger partial charge < -0.3 is 9.30 Å². The molecule has 0 bridgehead atoms. The highest BCUT2D eigenvalue weighted by Crippen LogP contribution is 2.39. The maximum Gasteiger partial charge on any atom is 0.339 e. The summed E-state index contributed by atoms with van der Waals surface area (Å²) < 4.78 is 7.00. The minimum atomic E-state index is -0.672. The predicted octanol–water partition coefficient (Wildman–Crippen LogP) is 3.84. The summed E-state index contributed by atoms with van der Waals surface area (Å²) >= 11 is 0. The zero-order chi connectivity index (χ0) is 23.8. The summed E-state index contributed by atoms with van der Waals surface area (Å²) in [5, 5.41) is 2.99. The van der Waals surface area contributed by atoms with Crippen LogP contribution in [0.1, 0.15) is 59.3 Å². The van der Waals surface area contributed by atoms with E-state index < -0.39 is 24.4 Å². The van der Waals surface area contributed by atoms with Crippen LogP contribution in [0.5, 0.6) is 0 Å². The van der Waals surface area contributed by atoms with E-state index >= 15 is 0 Å². The maximum absolute atomic E-state index is 13.2. The number of ether oxygens (including phenoxy) is 1. The molecular formula is C26H29N3O4. The molecule has 0 radical (unpaired) electrons. The van der Waals surface area contributed by atoms with E-state index in [2.05, 4.69) is 26.1 Å². The first-order chi connectivity index (χ1) is 15.6. The van der Waals surface area contributed by atoms with E-state index in [0.29, 0.717) is 17.2 Å². The molecule has 4 rings (SSSR count). The molecule has 2 aromatic heterocycles. The van der Waals surface area contributed by atoms with Gasteiger partial charge in [-0.25, -0.2) is 4.79 Å². The minimum absolute atomic E-state index is 0.0989. The number of esters is 1. The van der Waals surface area contributed by atoms with E-state index in [1.54, 1.807) is 29.9 Å². The van der Waals surface area contributed by atoms with Crippen LogP contribution in [0.2, 0.25) is 0 Å². The normalized spacial score (nSPS) is 15.7. The van der Waals surface area contributed by atoms with Gasteiger partial charge in [0, 0.05) is 24.3 Å². The Morgan fingerprint density at radius 2 is 1.91 bits per heavy atom. The van der Waals surface area contributed by atoms with Gasteiger partial charge in [0.1, 0.15) is 5.69 Å². The molecular weight excluding hydrogens is 418 g/mol. The number of rotatable bonds is 4. The molecule has 33 heavy (non-hydrogen) atoms. The first-order valence-corrected chi connectivity index (χ1v) is 11.2. The number of pyridine rings is 1. The lowest BCUT2D eigenvalue weighted by Crippen LogP contribution is -2.35. The van der Waals surface area contributed by atoms with Crippen LogP contribution in [0.25, 0.3) is 10.9 Å². The van der Waals surface area contributed by atoms with Crippen LogP contribution in [0.4, 0.5) is 0 Å². The molecule has 0 saturated carbocycles. The van der Waals surface area contributed by atoms with Gasteiger partial charge in [0.05, 0.1) is 11.1 Å². The smallest absolute Gasteiger partial charge is 0.339 e. The third-order valence-electron chi connectivity index (χ3n) is 6.45. The molecule has 0 saturated heterocycles. The van der Waals surface area contributed by atoms with Gasteiger partial charge in [-0.05, 0) is 54.4 Å². The number of amides is 2. The number of carbonyl (C=O) groups is 3. The Labute approximate surface area is 193 Å². The Hall–Kier alpha value is -3.48. The summed E-state index contributed by atoms with van der Waals surface area (Å²) in [6, 6.07) is 10.8. The molecule has 2 heterocycles. The molecule has 1 aromatic carbocycles. The lowest BCUT2D eigenvalue weighted by Gasteiger charge is -2.35. The first-order valence-electron chi connectivity index (χ1n) is 11.2. The molecule has 3 aromatic rings. The average Bonchev–Trinajstić information content (AvgIpc) is 3.20. The van der Waals surface area contributed by atoms with Crippen LogP contribution in [0, 0.1) is 11.3 Å². The summed E-state index contributed by atoms with van der Waals surface area (Å²) in [5.74, 6) is -1.37. The van der Waals surface area contributed by atoms with Gasteiger partial charge in [-0.3, -0.25) is 19.9 Å². The zero-order valence-corrected chi connectivity index (χ0v) is 19.5. The Kier molecular flexibility index (Phi) is 6.06. The summed E-state index contributed by atoms with van der Waals surface area (Å²) in [4.78, 5) is 42.6. The van der Waals surface area contributed by atoms with E-state index in [-0.39, 0.29) is 5.41 Å². The van der Waals surface area contributed by atoms with Gasteiger partial charge in [0.15, 0.2) is 6.61 Å². The van der Waals surface area contributed by atoms with Crippen molar-refractivity contribution in [2.45, 2.75) is 40.0 Å². The first kappa shape index (κ1) is 22.7. The molecule has 1 N–H and O–H groups in total. The second-order valence-electron chi connectivity index (χ2n) is 9.69. The predicted molar refractivity (Wildman–Crippen MR) is 125 cm³/mol. The van der Waals surface area contributed by atoms with Gasteiger partial charge in [-0.1, -0.05) is 39.0 Å². The Balaban J connectivity index is 1.57. The SMILES string of the molecule is Cn1cccc1C(=O)NC(=O)COC(=O)c1c2c(nc3ccccc13)CC[C@H](C(C)(C)C)C2. The molecule has 2 amide bonds. The summed E-state index contributed by atoms with van der Waals surface area (Å²) in [6.07, 6.45) is 4.26. The van der Waals surface area contributed by atoms with Crippen LogP contribution in [0.3, 0.4) is 0 Å². The number of fused-ring (bicyclic) bond motifs is 2. The number of imide groups is 1. The van der Waals surface area contributed by atoms with Crippen LogP contribution < -0.4 is 5.32 Å². The van der Waals surface area contributed by atoms with Crippen molar-refractivity contribution in [1.29, 1.82) is 0 Å². The Morgan fingerprint density at radius 1 is 1.15 bits per heavy atom. The summed E-state index contributed by atoms with van der Waals surface area (Å²) in [7, 11) is 1.71. The standard InChI is InChI=1S/C26H29N3O4/c1-26(2,3)16-11-12-20-18(14-16)23(17-8-5-6-9-19(17)27-20)25(32)33-15-22(30)28-24(31)21-10-7-13-29(21)4/h5-10,13,16H,11-12,14-15H2,1-4H3,(H,28,30,31)/t16-/m0/s1. The number of hydrogen-bond donors (Lipinski definition) is 1. The summed E-state index contributed by atoms with van der Waals surface area (Å²) in [6.45, 7) is 6.10. The second kappa shape index (κ2) is 8.81. The summed E-state index contributed by atoms with van der Waals surface area (Å²) in [5.41, 5.74) is 3.49. The van der Waals surface area contributed by atoms with Crippen LogP contribution in [0.15, 0.2) is 42.6 Å². The highest BCUT2D eigenvalue weighted by molar-refractivity contribution is 6.07. The molecule has 1 aliphatic carbocycles. The number of carbonyl (C=O) groups excluding carboxylic acids is 3. The fourth-order valence-electron chi connectivity index (χ4n) is 4.49. The largest absolute Gasteiger partial charge is 0.452 e. The number of aromatic nitrogens is 2. The topological polar surface area (TPSA) is 90.3 Å². The van der Waals surface area contributed by atoms with Crippen molar-refractivity contribution in [2.75, 3.05) is 6.61 Å². The Morgan fingerprint density at radius 3 is 2.61 bits per heavy atom. The maximum atomic E-state index is 13.2. The number of para-hydroxylation sites is 1. The van der Waals surface area contributed by atoms with E-state index in [9.17, 15) is 14.4 Å². The molecule has 0 fully saturated rings. The van der Waals surface area contributed by atoms with Gasteiger partial charge in [-0.2, -0.15) is 0 Å². The van der Waals surface area contributed by atoms with Crippen molar-refractivity contribution in [3.8, 4) is 0 Å². The lowest BCUT2D eigenvalue weighted by atomic mass is 9.70. The number of aryl methyl sites for hydroxylation is 2. The van der Waals surface area contributed by atoms with E-state index in [4.69, 9.17) is 9.72 Å². The van der Waals surface area contributed by atoms with Gasteiger partial charge in [0.25, 0.3) is 11.8 Å².